The van der Waals surface area contributed by atoms with Crippen LogP contribution in [0.4, 0.5) is 5.95 Å². The molecule has 0 saturated heterocycles. The molecule has 0 aliphatic carbocycles. The molecule has 8 heteroatoms. The number of hydrazone groups is 1. The lowest BCUT2D eigenvalue weighted by Crippen LogP contribution is -2.13. The van der Waals surface area contributed by atoms with Crippen molar-refractivity contribution < 1.29 is 4.74 Å². The highest BCUT2D eigenvalue weighted by Crippen LogP contribution is 2.09. The summed E-state index contributed by atoms with van der Waals surface area (Å²) >= 11 is 0. The van der Waals surface area contributed by atoms with E-state index in [2.05, 4.69) is 20.7 Å². The normalized spacial score (nSPS) is 10.2. The Morgan fingerprint density at radius 1 is 1.32 bits per heavy atom. The van der Waals surface area contributed by atoms with Crippen molar-refractivity contribution in [3.63, 3.8) is 0 Å². The van der Waals surface area contributed by atoms with E-state index in [1.54, 1.807) is 20.2 Å². The number of nitrogens with zero attached hydrogens (tertiary/aromatic N) is 4. The fourth-order valence-electron chi connectivity index (χ4n) is 1.30. The van der Waals surface area contributed by atoms with Crippen molar-refractivity contribution in [2.24, 2.45) is 5.10 Å². The number of aryl methyl sites for hydroxylation is 1. The number of hydrogen-bond acceptors (Lipinski definition) is 6. The Morgan fingerprint density at radius 2 is 2.00 bits per heavy atom. The topological polar surface area (TPSA) is 90.3 Å². The van der Waals surface area contributed by atoms with Gasteiger partial charge in [0.1, 0.15) is 5.75 Å². The van der Waals surface area contributed by atoms with E-state index in [9.17, 15) is 0 Å². The van der Waals surface area contributed by atoms with Crippen molar-refractivity contribution in [2.45, 2.75) is 6.92 Å². The summed E-state index contributed by atoms with van der Waals surface area (Å²) in [5.74, 6) is 7.46. The summed E-state index contributed by atoms with van der Waals surface area (Å²) < 4.78 is 6.39. The van der Waals surface area contributed by atoms with E-state index in [1.807, 2.05) is 24.3 Å². The summed E-state index contributed by atoms with van der Waals surface area (Å²) in [6.45, 7) is 1.76. The first kappa shape index (κ1) is 14.8. The molecule has 0 amide bonds. The first-order valence-electron chi connectivity index (χ1n) is 5.31. The Bertz CT molecular complexity index is 551. The number of methoxy groups -OCH3 is 1. The van der Waals surface area contributed by atoms with E-state index >= 15 is 0 Å². The summed E-state index contributed by atoms with van der Waals surface area (Å²) in [4.78, 5) is 0. The van der Waals surface area contributed by atoms with E-state index in [0.717, 1.165) is 11.3 Å². The highest BCUT2D eigenvalue weighted by molar-refractivity contribution is 5.85. The molecule has 0 aliphatic rings. The fourth-order valence-corrected chi connectivity index (χ4v) is 1.30. The second-order valence-corrected chi connectivity index (χ2v) is 3.58. The number of nitrogen functional groups attached to an aromatic ring is 1. The van der Waals surface area contributed by atoms with Gasteiger partial charge in [0.25, 0.3) is 5.95 Å². The molecule has 7 nitrogen and oxygen atoms in total. The van der Waals surface area contributed by atoms with Crippen LogP contribution in [0.2, 0.25) is 0 Å². The maximum Gasteiger partial charge on any atom is 0.263 e. The SMILES string of the molecule is COc1ccc(/C=N/Nc2nnc(C)n2N)cc1.Cl. The number of ether oxygens (including phenoxy) is 1. The van der Waals surface area contributed by atoms with Crippen molar-refractivity contribution in [1.82, 2.24) is 14.9 Å². The molecule has 2 aromatic rings. The van der Waals surface area contributed by atoms with Crippen molar-refractivity contribution in [1.29, 1.82) is 0 Å². The van der Waals surface area contributed by atoms with Gasteiger partial charge in [0.2, 0.25) is 0 Å². The van der Waals surface area contributed by atoms with Crippen LogP contribution < -0.4 is 16.0 Å². The molecule has 0 spiro atoms. The van der Waals surface area contributed by atoms with Gasteiger partial charge in [-0.15, -0.1) is 22.6 Å². The number of anilines is 1. The largest absolute Gasteiger partial charge is 0.497 e. The third kappa shape index (κ3) is 3.59. The molecule has 1 heterocycles. The van der Waals surface area contributed by atoms with Crippen molar-refractivity contribution in [2.75, 3.05) is 18.4 Å². The lowest BCUT2D eigenvalue weighted by molar-refractivity contribution is 0.415. The average molecular weight is 283 g/mol. The lowest BCUT2D eigenvalue weighted by Gasteiger charge is -2.00. The molecule has 2 rings (SSSR count). The molecule has 0 unspecified atom stereocenters. The zero-order valence-electron chi connectivity index (χ0n) is 10.6. The molecule has 0 atom stereocenters. The summed E-state index contributed by atoms with van der Waals surface area (Å²) in [6.07, 6.45) is 1.66. The van der Waals surface area contributed by atoms with Crippen molar-refractivity contribution >= 4 is 24.6 Å². The lowest BCUT2D eigenvalue weighted by atomic mass is 10.2. The minimum atomic E-state index is 0. The highest BCUT2D eigenvalue weighted by Gasteiger charge is 2.02. The first-order chi connectivity index (χ1) is 8.70. The van der Waals surface area contributed by atoms with Crippen LogP contribution in [0.15, 0.2) is 29.4 Å². The average Bonchev–Trinajstić information content (AvgIpc) is 2.71. The van der Waals surface area contributed by atoms with Gasteiger partial charge >= 0.3 is 0 Å². The second-order valence-electron chi connectivity index (χ2n) is 3.58. The summed E-state index contributed by atoms with van der Waals surface area (Å²) in [7, 11) is 1.63. The summed E-state index contributed by atoms with van der Waals surface area (Å²) in [5, 5.41) is 11.6. The van der Waals surface area contributed by atoms with Gasteiger partial charge in [0, 0.05) is 0 Å². The Hall–Kier alpha value is -2.28. The fraction of sp³-hybridized carbons (Fsp3) is 0.182. The van der Waals surface area contributed by atoms with E-state index in [-0.39, 0.29) is 12.4 Å². The molecule has 19 heavy (non-hydrogen) atoms. The monoisotopic (exact) mass is 282 g/mol. The van der Waals surface area contributed by atoms with Gasteiger partial charge in [-0.05, 0) is 36.8 Å². The van der Waals surface area contributed by atoms with E-state index in [4.69, 9.17) is 10.6 Å². The van der Waals surface area contributed by atoms with Crippen LogP contribution in [0.3, 0.4) is 0 Å². The minimum absolute atomic E-state index is 0. The molecular formula is C11H15ClN6O. The third-order valence-electron chi connectivity index (χ3n) is 2.36. The standard InChI is InChI=1S/C11H14N6O.ClH/c1-8-14-16-11(17(8)12)15-13-7-9-3-5-10(18-2)6-4-9;/h3-7H,12H2,1-2H3,(H,15,16);1H/b13-7+;. The zero-order chi connectivity index (χ0) is 13.0. The first-order valence-corrected chi connectivity index (χ1v) is 5.31. The number of nitrogens with one attached hydrogen (secondary N) is 1. The molecule has 1 aromatic carbocycles. The highest BCUT2D eigenvalue weighted by atomic mass is 35.5. The minimum Gasteiger partial charge on any atom is -0.497 e. The number of halogens is 1. The van der Waals surface area contributed by atoms with Gasteiger partial charge in [0.15, 0.2) is 5.82 Å². The molecular weight excluding hydrogens is 268 g/mol. The van der Waals surface area contributed by atoms with Gasteiger partial charge in [-0.1, -0.05) is 0 Å². The Kier molecular flexibility index (Phi) is 5.13. The number of nitrogens with two attached hydrogens (primary N) is 1. The van der Waals surface area contributed by atoms with E-state index in [0.29, 0.717) is 11.8 Å². The molecule has 1 aromatic heterocycles. The van der Waals surface area contributed by atoms with Crippen LogP contribution in [0.25, 0.3) is 0 Å². The third-order valence-corrected chi connectivity index (χ3v) is 2.36. The Labute approximate surface area is 116 Å². The Balaban J connectivity index is 0.00000180. The second kappa shape index (κ2) is 6.60. The molecule has 0 bridgehead atoms. The van der Waals surface area contributed by atoms with Crippen molar-refractivity contribution in [3.8, 4) is 5.75 Å². The number of hydrogen-bond donors (Lipinski definition) is 2. The summed E-state index contributed by atoms with van der Waals surface area (Å²) in [6, 6.07) is 7.50. The number of benzene rings is 1. The molecule has 0 radical (unpaired) electrons. The van der Waals surface area contributed by atoms with Crippen LogP contribution in [0.1, 0.15) is 11.4 Å². The van der Waals surface area contributed by atoms with Crippen LogP contribution in [-0.4, -0.2) is 28.2 Å². The molecule has 0 fully saturated rings. The van der Waals surface area contributed by atoms with Crippen LogP contribution in [0.5, 0.6) is 5.75 Å². The van der Waals surface area contributed by atoms with Gasteiger partial charge < -0.3 is 10.6 Å². The van der Waals surface area contributed by atoms with Gasteiger partial charge in [0.05, 0.1) is 13.3 Å². The van der Waals surface area contributed by atoms with Gasteiger partial charge in [-0.2, -0.15) is 5.10 Å². The predicted molar refractivity (Wildman–Crippen MR) is 76.4 cm³/mol. The molecule has 3 N–H and O–H groups in total. The number of rotatable bonds is 4. The van der Waals surface area contributed by atoms with Crippen LogP contribution in [0, 0.1) is 6.92 Å². The molecule has 0 saturated carbocycles. The zero-order valence-corrected chi connectivity index (χ0v) is 11.4. The molecule has 102 valence electrons. The van der Waals surface area contributed by atoms with E-state index in [1.165, 1.54) is 4.68 Å². The smallest absolute Gasteiger partial charge is 0.263 e. The predicted octanol–water partition coefficient (Wildman–Crippen LogP) is 1.18. The van der Waals surface area contributed by atoms with Crippen molar-refractivity contribution in [3.05, 3.63) is 35.7 Å². The maximum atomic E-state index is 5.66. The quantitative estimate of drug-likeness (QED) is 0.499. The van der Waals surface area contributed by atoms with Crippen LogP contribution in [-0.2, 0) is 0 Å². The van der Waals surface area contributed by atoms with E-state index < -0.39 is 0 Å². The maximum absolute atomic E-state index is 5.66. The van der Waals surface area contributed by atoms with Gasteiger partial charge in [-0.3, -0.25) is 0 Å². The van der Waals surface area contributed by atoms with Crippen LogP contribution >= 0.6 is 12.4 Å². The number of aromatic nitrogens is 3. The Morgan fingerprint density at radius 3 is 2.53 bits per heavy atom. The molecule has 0 aliphatic heterocycles. The van der Waals surface area contributed by atoms with Gasteiger partial charge in [-0.25, -0.2) is 10.1 Å². The summed E-state index contributed by atoms with van der Waals surface area (Å²) in [5.41, 5.74) is 3.65.